The number of methoxy groups -OCH3 is 1. The normalized spacial score (nSPS) is 11.4. The first-order chi connectivity index (χ1) is 13.6. The predicted octanol–water partition coefficient (Wildman–Crippen LogP) is 4.70. The fourth-order valence-electron chi connectivity index (χ4n) is 3.25. The van der Waals surface area contributed by atoms with Crippen molar-refractivity contribution in [3.8, 4) is 5.75 Å². The van der Waals surface area contributed by atoms with Gasteiger partial charge in [-0.1, -0.05) is 20.3 Å². The van der Waals surface area contributed by atoms with E-state index in [1.165, 1.54) is 24.2 Å². The summed E-state index contributed by atoms with van der Waals surface area (Å²) >= 11 is 1.45. The zero-order chi connectivity index (χ0) is 19.9. The maximum Gasteiger partial charge on any atom is 0.261 e. The van der Waals surface area contributed by atoms with Gasteiger partial charge in [-0.15, -0.1) is 11.3 Å². The van der Waals surface area contributed by atoms with E-state index in [9.17, 15) is 4.79 Å². The molecule has 5 nitrogen and oxygen atoms in total. The lowest BCUT2D eigenvalue weighted by atomic mass is 10.2. The van der Waals surface area contributed by atoms with Crippen LogP contribution in [0.5, 0.6) is 5.75 Å². The maximum absolute atomic E-state index is 12.5. The zero-order valence-corrected chi connectivity index (χ0v) is 17.8. The molecule has 2 aromatic heterocycles. The Balaban J connectivity index is 1.61. The monoisotopic (exact) mass is 399 g/mol. The Kier molecular flexibility index (Phi) is 7.23. The number of hydrogen-bond donors (Lipinski definition) is 1. The van der Waals surface area contributed by atoms with Gasteiger partial charge < -0.3 is 15.0 Å². The third kappa shape index (κ3) is 5.00. The van der Waals surface area contributed by atoms with Crippen LogP contribution in [0.3, 0.4) is 0 Å². The van der Waals surface area contributed by atoms with Gasteiger partial charge in [0.05, 0.1) is 17.5 Å². The molecule has 0 aliphatic heterocycles. The van der Waals surface area contributed by atoms with E-state index >= 15 is 0 Å². The number of ether oxygens (including phenoxy) is 1. The number of nitrogens with zero attached hydrogens (tertiary/aromatic N) is 2. The van der Waals surface area contributed by atoms with E-state index in [1.54, 1.807) is 7.11 Å². The molecule has 1 N–H and O–H groups in total. The number of carbonyl (C=O) groups is 1. The smallest absolute Gasteiger partial charge is 0.261 e. The molecule has 0 radical (unpaired) electrons. The van der Waals surface area contributed by atoms with Crippen molar-refractivity contribution in [3.63, 3.8) is 0 Å². The molecule has 150 valence electrons. The number of nitrogens with one attached hydrogen (secondary N) is 1. The molecule has 3 aromatic rings. The highest BCUT2D eigenvalue weighted by atomic mass is 32.1. The largest absolute Gasteiger partial charge is 0.497 e. The number of fused-ring (bicyclic) bond motifs is 2. The van der Waals surface area contributed by atoms with E-state index in [0.29, 0.717) is 11.4 Å². The molecule has 2 heterocycles. The quantitative estimate of drug-likeness (QED) is 0.502. The van der Waals surface area contributed by atoms with Crippen LogP contribution in [0.1, 0.15) is 42.8 Å². The van der Waals surface area contributed by atoms with Gasteiger partial charge in [-0.2, -0.15) is 0 Å². The Morgan fingerprint density at radius 2 is 1.96 bits per heavy atom. The summed E-state index contributed by atoms with van der Waals surface area (Å²) < 4.78 is 5.29. The van der Waals surface area contributed by atoms with Crippen LogP contribution in [0, 0.1) is 0 Å². The van der Waals surface area contributed by atoms with E-state index in [1.807, 2.05) is 24.3 Å². The van der Waals surface area contributed by atoms with E-state index in [4.69, 9.17) is 9.72 Å². The van der Waals surface area contributed by atoms with Crippen LogP contribution in [0.15, 0.2) is 30.3 Å². The first-order valence-corrected chi connectivity index (χ1v) is 10.8. The van der Waals surface area contributed by atoms with Crippen LogP contribution in [0.4, 0.5) is 0 Å². The van der Waals surface area contributed by atoms with Gasteiger partial charge in [-0.25, -0.2) is 4.98 Å². The molecule has 1 amide bonds. The minimum atomic E-state index is -0.0127. The van der Waals surface area contributed by atoms with Crippen LogP contribution >= 0.6 is 11.3 Å². The highest BCUT2D eigenvalue weighted by molar-refractivity contribution is 7.20. The molecule has 0 saturated carbocycles. The van der Waals surface area contributed by atoms with Crippen molar-refractivity contribution in [2.75, 3.05) is 33.3 Å². The minimum Gasteiger partial charge on any atom is -0.497 e. The van der Waals surface area contributed by atoms with E-state index in [2.05, 4.69) is 30.1 Å². The maximum atomic E-state index is 12.5. The summed E-state index contributed by atoms with van der Waals surface area (Å²) in [6, 6.07) is 9.83. The molecule has 0 spiro atoms. The van der Waals surface area contributed by atoms with Crippen LogP contribution in [0.25, 0.3) is 21.1 Å². The number of hydrogen-bond acceptors (Lipinski definition) is 5. The second-order valence-corrected chi connectivity index (χ2v) is 7.98. The van der Waals surface area contributed by atoms with Crippen molar-refractivity contribution < 1.29 is 9.53 Å². The Bertz CT molecular complexity index is 938. The van der Waals surface area contributed by atoms with Crippen LogP contribution in [-0.2, 0) is 0 Å². The molecule has 0 bridgehead atoms. The first kappa shape index (κ1) is 20.6. The van der Waals surface area contributed by atoms with Crippen molar-refractivity contribution in [1.82, 2.24) is 15.2 Å². The molecule has 0 fully saturated rings. The summed E-state index contributed by atoms with van der Waals surface area (Å²) in [5, 5.41) is 5.06. The van der Waals surface area contributed by atoms with Gasteiger partial charge in [-0.3, -0.25) is 4.79 Å². The number of unbranched alkanes of at least 4 members (excludes halogenated alkanes) is 1. The molecule has 0 aliphatic carbocycles. The summed E-state index contributed by atoms with van der Waals surface area (Å²) in [7, 11) is 1.66. The topological polar surface area (TPSA) is 54.5 Å². The number of rotatable bonds is 10. The molecular weight excluding hydrogens is 370 g/mol. The first-order valence-electron chi connectivity index (χ1n) is 10.0. The number of aromatic nitrogens is 1. The number of carbonyl (C=O) groups excluding carboxylic acids is 1. The van der Waals surface area contributed by atoms with Gasteiger partial charge in [0.1, 0.15) is 10.6 Å². The lowest BCUT2D eigenvalue weighted by Gasteiger charge is -2.19. The predicted molar refractivity (Wildman–Crippen MR) is 118 cm³/mol. The lowest BCUT2D eigenvalue weighted by molar-refractivity contribution is 0.0956. The molecule has 1 aromatic carbocycles. The van der Waals surface area contributed by atoms with Crippen molar-refractivity contribution in [3.05, 3.63) is 35.2 Å². The van der Waals surface area contributed by atoms with Gasteiger partial charge in [-0.05, 0) is 62.8 Å². The van der Waals surface area contributed by atoms with Crippen LogP contribution < -0.4 is 10.1 Å². The van der Waals surface area contributed by atoms with Gasteiger partial charge in [0.15, 0.2) is 0 Å². The van der Waals surface area contributed by atoms with Crippen LogP contribution in [-0.4, -0.2) is 49.1 Å². The fraction of sp³-hybridized carbons (Fsp3) is 0.455. The van der Waals surface area contributed by atoms with Crippen molar-refractivity contribution in [2.45, 2.75) is 33.1 Å². The Morgan fingerprint density at radius 3 is 2.71 bits per heavy atom. The average molecular weight is 400 g/mol. The summed E-state index contributed by atoms with van der Waals surface area (Å²) in [5.41, 5.74) is 0.911. The lowest BCUT2D eigenvalue weighted by Crippen LogP contribution is -2.30. The summed E-state index contributed by atoms with van der Waals surface area (Å²) in [6.45, 7) is 8.33. The second-order valence-electron chi connectivity index (χ2n) is 6.95. The number of thiophene rings is 1. The zero-order valence-electron chi connectivity index (χ0n) is 17.0. The van der Waals surface area contributed by atoms with Crippen molar-refractivity contribution in [2.24, 2.45) is 0 Å². The highest BCUT2D eigenvalue weighted by Crippen LogP contribution is 2.29. The third-order valence-electron chi connectivity index (χ3n) is 4.94. The molecule has 6 heteroatoms. The van der Waals surface area contributed by atoms with Crippen molar-refractivity contribution >= 4 is 38.4 Å². The molecule has 0 unspecified atom stereocenters. The Morgan fingerprint density at radius 1 is 1.14 bits per heavy atom. The van der Waals surface area contributed by atoms with Crippen molar-refractivity contribution in [1.29, 1.82) is 0 Å². The molecule has 3 rings (SSSR count). The summed E-state index contributed by atoms with van der Waals surface area (Å²) in [5.74, 6) is 0.795. The minimum absolute atomic E-state index is 0.0127. The fourth-order valence-corrected chi connectivity index (χ4v) is 4.19. The van der Waals surface area contributed by atoms with E-state index < -0.39 is 0 Å². The number of benzene rings is 1. The second kappa shape index (κ2) is 9.85. The molecule has 0 saturated heterocycles. The Labute approximate surface area is 170 Å². The SMILES string of the molecule is CCCCN(CC)CCCNC(=O)c1cc2cc3cc(OC)ccc3nc2s1. The van der Waals surface area contributed by atoms with Gasteiger partial charge in [0.25, 0.3) is 5.91 Å². The van der Waals surface area contributed by atoms with Gasteiger partial charge in [0, 0.05) is 17.3 Å². The van der Waals surface area contributed by atoms with Crippen LogP contribution in [0.2, 0.25) is 0 Å². The summed E-state index contributed by atoms with van der Waals surface area (Å²) in [4.78, 5) is 21.3. The van der Waals surface area contributed by atoms with Gasteiger partial charge >= 0.3 is 0 Å². The molecule has 0 atom stereocenters. The Hall–Kier alpha value is -2.18. The van der Waals surface area contributed by atoms with E-state index in [-0.39, 0.29) is 5.91 Å². The number of amides is 1. The molecular formula is C22H29N3O2S. The molecule has 28 heavy (non-hydrogen) atoms. The standard InChI is InChI=1S/C22H29N3O2S/c1-4-6-11-25(5-2)12-7-10-23-21(26)20-15-17-13-16-14-18(27-3)8-9-19(16)24-22(17)28-20/h8-9,13-15H,4-7,10-12H2,1-3H3,(H,23,26). The average Bonchev–Trinajstić information content (AvgIpc) is 3.13. The summed E-state index contributed by atoms with van der Waals surface area (Å²) in [6.07, 6.45) is 3.42. The highest BCUT2D eigenvalue weighted by Gasteiger charge is 2.12. The third-order valence-corrected chi connectivity index (χ3v) is 5.99. The number of pyridine rings is 1. The van der Waals surface area contributed by atoms with E-state index in [0.717, 1.165) is 52.9 Å². The molecule has 0 aliphatic rings. The van der Waals surface area contributed by atoms with Gasteiger partial charge in [0.2, 0.25) is 0 Å².